The molecule has 0 aliphatic rings. The largest absolute Gasteiger partial charge is 0.493 e. The Kier molecular flexibility index (Phi) is 5.07. The number of carbonyl (C=O) groups excluding carboxylic acids is 1. The van der Waals surface area contributed by atoms with E-state index in [4.69, 9.17) is 31.9 Å². The molecule has 3 N–H and O–H groups in total. The van der Waals surface area contributed by atoms with Crippen LogP contribution in [0.25, 0.3) is 0 Å². The third-order valence-electron chi connectivity index (χ3n) is 2.24. The van der Waals surface area contributed by atoms with Crippen molar-refractivity contribution in [2.75, 3.05) is 13.7 Å². The number of aliphatic hydroxyl groups is 1. The highest BCUT2D eigenvalue weighted by atomic mass is 35.5. The van der Waals surface area contributed by atoms with E-state index < -0.39 is 30.4 Å². The molecule has 0 saturated carbocycles. The van der Waals surface area contributed by atoms with Gasteiger partial charge in [-0.1, -0.05) is 11.6 Å². The Bertz CT molecular complexity index is 507. The van der Waals surface area contributed by atoms with Crippen molar-refractivity contribution >= 4 is 17.5 Å². The predicted octanol–water partition coefficient (Wildman–Crippen LogP) is 1.81. The van der Waals surface area contributed by atoms with Gasteiger partial charge in [0.25, 0.3) is 5.91 Å². The second kappa shape index (κ2) is 6.19. The number of halogens is 4. The van der Waals surface area contributed by atoms with Crippen molar-refractivity contribution in [3.05, 3.63) is 22.7 Å². The fourth-order valence-electron chi connectivity index (χ4n) is 1.37. The molecule has 0 aliphatic heterocycles. The van der Waals surface area contributed by atoms with Crippen LogP contribution in [0.5, 0.6) is 11.5 Å². The highest BCUT2D eigenvalue weighted by Crippen LogP contribution is 2.41. The number of carbonyl (C=O) groups is 1. The molecule has 1 atom stereocenters. The molecule has 0 spiro atoms. The van der Waals surface area contributed by atoms with E-state index in [-0.39, 0.29) is 16.5 Å². The molecule has 0 heterocycles. The van der Waals surface area contributed by atoms with Crippen molar-refractivity contribution in [1.82, 2.24) is 0 Å². The molecule has 0 aliphatic carbocycles. The maximum Gasteiger partial charge on any atom is 0.418 e. The molecular formula is C11H11ClF3NO4. The number of methoxy groups -OCH3 is 1. The number of rotatable bonds is 5. The third-order valence-corrected chi connectivity index (χ3v) is 2.52. The first-order chi connectivity index (χ1) is 9.16. The van der Waals surface area contributed by atoms with E-state index in [1.165, 1.54) is 7.11 Å². The van der Waals surface area contributed by atoms with Crippen LogP contribution in [0.3, 0.4) is 0 Å². The standard InChI is InChI=1S/C11H11ClF3NO4/c1-19-7-3-5(10(18)11(13,14)15)2-6(12)9(7)20-4-8(16)17/h2-3,10,18H,4H2,1H3,(H2,16,17). The van der Waals surface area contributed by atoms with Crippen molar-refractivity contribution in [3.8, 4) is 11.5 Å². The molecule has 1 aromatic carbocycles. The Morgan fingerprint density at radius 2 is 2.10 bits per heavy atom. The number of ether oxygens (including phenoxy) is 2. The van der Waals surface area contributed by atoms with Gasteiger partial charge in [-0.15, -0.1) is 0 Å². The molecule has 0 bridgehead atoms. The van der Waals surface area contributed by atoms with Gasteiger partial charge in [-0.05, 0) is 17.7 Å². The minimum atomic E-state index is -4.84. The van der Waals surface area contributed by atoms with E-state index in [2.05, 4.69) is 0 Å². The molecule has 112 valence electrons. The molecule has 0 fully saturated rings. The normalized spacial score (nSPS) is 12.9. The van der Waals surface area contributed by atoms with Gasteiger partial charge in [-0.2, -0.15) is 13.2 Å². The molecular weight excluding hydrogens is 303 g/mol. The summed E-state index contributed by atoms with van der Waals surface area (Å²) in [4.78, 5) is 10.6. The summed E-state index contributed by atoms with van der Waals surface area (Å²) in [6, 6.07) is 1.79. The van der Waals surface area contributed by atoms with Crippen LogP contribution in [0.2, 0.25) is 5.02 Å². The lowest BCUT2D eigenvalue weighted by Gasteiger charge is -2.18. The lowest BCUT2D eigenvalue weighted by Crippen LogP contribution is -2.21. The Morgan fingerprint density at radius 3 is 2.55 bits per heavy atom. The lowest BCUT2D eigenvalue weighted by molar-refractivity contribution is -0.206. The average molecular weight is 314 g/mol. The van der Waals surface area contributed by atoms with Crippen molar-refractivity contribution in [3.63, 3.8) is 0 Å². The maximum atomic E-state index is 12.4. The summed E-state index contributed by atoms with van der Waals surface area (Å²) in [5.74, 6) is -1.08. The molecule has 0 aromatic heterocycles. The highest BCUT2D eigenvalue weighted by molar-refractivity contribution is 6.32. The molecule has 5 nitrogen and oxygen atoms in total. The molecule has 1 unspecified atom stereocenters. The average Bonchev–Trinajstić information content (AvgIpc) is 2.34. The number of nitrogens with two attached hydrogens (primary N) is 1. The molecule has 1 amide bonds. The SMILES string of the molecule is COc1cc(C(O)C(F)(F)F)cc(Cl)c1OCC(N)=O. The van der Waals surface area contributed by atoms with Crippen LogP contribution in [-0.4, -0.2) is 30.9 Å². The number of primary amides is 1. The summed E-state index contributed by atoms with van der Waals surface area (Å²) in [5.41, 5.74) is 4.37. The molecule has 9 heteroatoms. The van der Waals surface area contributed by atoms with E-state index in [0.29, 0.717) is 0 Å². The van der Waals surface area contributed by atoms with Crippen LogP contribution in [0.1, 0.15) is 11.7 Å². The van der Waals surface area contributed by atoms with E-state index in [9.17, 15) is 18.0 Å². The van der Waals surface area contributed by atoms with Gasteiger partial charge < -0.3 is 20.3 Å². The van der Waals surface area contributed by atoms with Gasteiger partial charge in [0.15, 0.2) is 24.2 Å². The van der Waals surface area contributed by atoms with Crippen molar-refractivity contribution < 1.29 is 32.5 Å². The van der Waals surface area contributed by atoms with Crippen LogP contribution < -0.4 is 15.2 Å². The van der Waals surface area contributed by atoms with Crippen LogP contribution in [0.4, 0.5) is 13.2 Å². The summed E-state index contributed by atoms with van der Waals surface area (Å²) >= 11 is 5.76. The molecule has 0 radical (unpaired) electrons. The number of aliphatic hydroxyl groups excluding tert-OH is 1. The van der Waals surface area contributed by atoms with E-state index >= 15 is 0 Å². The Hall–Kier alpha value is -1.67. The smallest absolute Gasteiger partial charge is 0.418 e. The monoisotopic (exact) mass is 313 g/mol. The number of hydrogen-bond acceptors (Lipinski definition) is 4. The summed E-state index contributed by atoms with van der Waals surface area (Å²) in [6.07, 6.45) is -7.55. The summed E-state index contributed by atoms with van der Waals surface area (Å²) in [5, 5.41) is 8.91. The van der Waals surface area contributed by atoms with Gasteiger partial charge in [0.2, 0.25) is 0 Å². The first-order valence-corrected chi connectivity index (χ1v) is 5.58. The second-order valence-corrected chi connectivity index (χ2v) is 4.14. The number of amides is 1. The zero-order valence-electron chi connectivity index (χ0n) is 10.2. The lowest BCUT2D eigenvalue weighted by atomic mass is 10.1. The van der Waals surface area contributed by atoms with Crippen LogP contribution in [0.15, 0.2) is 12.1 Å². The predicted molar refractivity (Wildman–Crippen MR) is 63.7 cm³/mol. The second-order valence-electron chi connectivity index (χ2n) is 3.73. The summed E-state index contributed by atoms with van der Waals surface area (Å²) in [6.45, 7) is -0.517. The highest BCUT2D eigenvalue weighted by Gasteiger charge is 2.40. The van der Waals surface area contributed by atoms with E-state index in [0.717, 1.165) is 12.1 Å². The quantitative estimate of drug-likeness (QED) is 0.868. The Morgan fingerprint density at radius 1 is 1.50 bits per heavy atom. The van der Waals surface area contributed by atoms with Gasteiger partial charge in [-0.25, -0.2) is 0 Å². The minimum absolute atomic E-state index is 0.133. The number of hydrogen-bond donors (Lipinski definition) is 2. The number of alkyl halides is 3. The molecule has 1 aromatic rings. The first-order valence-electron chi connectivity index (χ1n) is 5.20. The van der Waals surface area contributed by atoms with Gasteiger partial charge in [0, 0.05) is 0 Å². The van der Waals surface area contributed by atoms with E-state index in [1.807, 2.05) is 0 Å². The molecule has 0 saturated heterocycles. The van der Waals surface area contributed by atoms with Crippen molar-refractivity contribution in [2.24, 2.45) is 5.73 Å². The van der Waals surface area contributed by atoms with Gasteiger partial charge in [0.05, 0.1) is 12.1 Å². The van der Waals surface area contributed by atoms with Gasteiger partial charge >= 0.3 is 6.18 Å². The van der Waals surface area contributed by atoms with Crippen LogP contribution in [-0.2, 0) is 4.79 Å². The minimum Gasteiger partial charge on any atom is -0.493 e. The van der Waals surface area contributed by atoms with Gasteiger partial charge in [-0.3, -0.25) is 4.79 Å². The van der Waals surface area contributed by atoms with Crippen molar-refractivity contribution in [1.29, 1.82) is 0 Å². The van der Waals surface area contributed by atoms with Gasteiger partial charge in [0.1, 0.15) is 0 Å². The maximum absolute atomic E-state index is 12.4. The molecule has 20 heavy (non-hydrogen) atoms. The Balaban J connectivity index is 3.16. The fraction of sp³-hybridized carbons (Fsp3) is 0.364. The number of benzene rings is 1. The zero-order valence-corrected chi connectivity index (χ0v) is 11.0. The summed E-state index contributed by atoms with van der Waals surface area (Å²) < 4.78 is 47.1. The third kappa shape index (κ3) is 3.91. The first kappa shape index (κ1) is 16.4. The molecule has 1 rings (SSSR count). The zero-order chi connectivity index (χ0) is 15.5. The van der Waals surface area contributed by atoms with E-state index in [1.54, 1.807) is 0 Å². The van der Waals surface area contributed by atoms with Crippen LogP contribution >= 0.6 is 11.6 Å². The summed E-state index contributed by atoms with van der Waals surface area (Å²) in [7, 11) is 1.17. The van der Waals surface area contributed by atoms with Crippen molar-refractivity contribution in [2.45, 2.75) is 12.3 Å². The Labute approximate surface area is 117 Å². The topological polar surface area (TPSA) is 81.8 Å². The fourth-order valence-corrected chi connectivity index (χ4v) is 1.64. The van der Waals surface area contributed by atoms with Crippen LogP contribution in [0, 0.1) is 0 Å².